The van der Waals surface area contributed by atoms with Crippen molar-refractivity contribution in [2.45, 2.75) is 50.1 Å². The number of ether oxygens (including phenoxy) is 1. The second-order valence-electron chi connectivity index (χ2n) is 8.81. The Bertz CT molecular complexity index is 901. The van der Waals surface area contributed by atoms with Crippen molar-refractivity contribution in [3.8, 4) is 0 Å². The number of hydrogen-bond acceptors (Lipinski definition) is 7. The predicted octanol–water partition coefficient (Wildman–Crippen LogP) is 0.911. The van der Waals surface area contributed by atoms with Gasteiger partial charge in [-0.1, -0.05) is 6.42 Å². The van der Waals surface area contributed by atoms with Crippen LogP contribution in [-0.4, -0.2) is 78.4 Å². The third kappa shape index (κ3) is 3.91. The van der Waals surface area contributed by atoms with Crippen LogP contribution in [0.25, 0.3) is 0 Å². The zero-order valence-corrected chi connectivity index (χ0v) is 18.4. The number of nitrogens with two attached hydrogens (primary N) is 1. The molecule has 0 aromatic heterocycles. The molecule has 1 aromatic rings. The second kappa shape index (κ2) is 8.99. The summed E-state index contributed by atoms with van der Waals surface area (Å²) >= 11 is 0. The van der Waals surface area contributed by atoms with E-state index in [0.29, 0.717) is 37.2 Å². The number of rotatable bonds is 5. The van der Waals surface area contributed by atoms with Crippen LogP contribution in [0.1, 0.15) is 48.9 Å². The van der Waals surface area contributed by atoms with E-state index in [1.165, 1.54) is 30.6 Å². The topological polar surface area (TPSA) is 113 Å². The van der Waals surface area contributed by atoms with E-state index in [4.69, 9.17) is 5.73 Å². The molecule has 0 unspecified atom stereocenters. The lowest BCUT2D eigenvalue weighted by Gasteiger charge is -2.48. The molecule has 3 saturated heterocycles. The average molecular weight is 443 g/mol. The Labute approximate surface area is 187 Å². The molecular weight excluding hydrogens is 412 g/mol. The van der Waals surface area contributed by atoms with E-state index in [2.05, 4.69) is 9.64 Å². The molecule has 0 aliphatic carbocycles. The maximum Gasteiger partial charge on any atom is 0.337 e. The van der Waals surface area contributed by atoms with Crippen LogP contribution in [-0.2, 0) is 19.1 Å². The number of amides is 3. The summed E-state index contributed by atoms with van der Waals surface area (Å²) in [5.41, 5.74) is 5.99. The maximum absolute atomic E-state index is 13.2. The third-order valence-corrected chi connectivity index (χ3v) is 7.16. The molecule has 2 N–H and O–H groups in total. The first-order chi connectivity index (χ1) is 15.4. The van der Waals surface area contributed by atoms with Gasteiger partial charge in [-0.25, -0.2) is 9.69 Å². The molecule has 3 fully saturated rings. The van der Waals surface area contributed by atoms with Crippen molar-refractivity contribution in [1.82, 2.24) is 9.80 Å². The lowest BCUT2D eigenvalue weighted by atomic mass is 9.83. The van der Waals surface area contributed by atoms with E-state index in [1.54, 1.807) is 12.1 Å². The van der Waals surface area contributed by atoms with Crippen molar-refractivity contribution in [1.29, 1.82) is 0 Å². The molecule has 3 heterocycles. The van der Waals surface area contributed by atoms with Crippen LogP contribution in [0.4, 0.5) is 5.69 Å². The van der Waals surface area contributed by atoms with Crippen LogP contribution in [0.3, 0.4) is 0 Å². The van der Waals surface area contributed by atoms with E-state index >= 15 is 0 Å². The fourth-order valence-corrected chi connectivity index (χ4v) is 5.28. The Hall–Kier alpha value is -2.78. The third-order valence-electron chi connectivity index (χ3n) is 7.16. The van der Waals surface area contributed by atoms with Gasteiger partial charge in [0.2, 0.25) is 11.8 Å². The minimum atomic E-state index is -0.661. The smallest absolute Gasteiger partial charge is 0.337 e. The van der Waals surface area contributed by atoms with Crippen LogP contribution in [0.2, 0.25) is 0 Å². The number of methoxy groups -OCH3 is 1. The van der Waals surface area contributed by atoms with Crippen molar-refractivity contribution in [2.75, 3.05) is 38.2 Å². The SMILES string of the molecule is COC(=O)c1ccc(N2C(=O)C[C@@H](N3CCC(C(N)=O)(N4CCCCC4)CC3)C2=O)cc1. The zero-order valence-electron chi connectivity index (χ0n) is 18.4. The van der Waals surface area contributed by atoms with Crippen LogP contribution in [0, 0.1) is 0 Å². The number of imide groups is 1. The standard InChI is InChI=1S/C23H30N4O5/c1-32-21(30)16-5-7-17(8-6-16)27-19(28)15-18(20(27)29)25-13-9-23(10-14-25,22(24)31)26-11-3-2-4-12-26/h5-8,18H,2-4,9-15H2,1H3,(H2,24,31)/t18-/m1/s1. The minimum absolute atomic E-state index is 0.102. The van der Waals surface area contributed by atoms with Crippen molar-refractivity contribution in [3.63, 3.8) is 0 Å². The van der Waals surface area contributed by atoms with Crippen LogP contribution in [0.5, 0.6) is 0 Å². The largest absolute Gasteiger partial charge is 0.465 e. The number of anilines is 1. The molecule has 0 bridgehead atoms. The van der Waals surface area contributed by atoms with Gasteiger partial charge in [-0.2, -0.15) is 0 Å². The first-order valence-corrected chi connectivity index (χ1v) is 11.2. The van der Waals surface area contributed by atoms with Gasteiger partial charge in [0.25, 0.3) is 5.91 Å². The summed E-state index contributed by atoms with van der Waals surface area (Å²) in [4.78, 5) is 55.4. The van der Waals surface area contributed by atoms with Crippen LogP contribution < -0.4 is 10.6 Å². The second-order valence-corrected chi connectivity index (χ2v) is 8.81. The van der Waals surface area contributed by atoms with Gasteiger partial charge in [-0.15, -0.1) is 0 Å². The molecule has 172 valence electrons. The van der Waals surface area contributed by atoms with E-state index < -0.39 is 17.6 Å². The normalized spacial score (nSPS) is 24.5. The molecule has 4 rings (SSSR count). The number of carbonyl (C=O) groups is 4. The van der Waals surface area contributed by atoms with Gasteiger partial charge >= 0.3 is 5.97 Å². The molecule has 1 atom stereocenters. The number of carbonyl (C=O) groups excluding carboxylic acids is 4. The Morgan fingerprint density at radius 3 is 2.19 bits per heavy atom. The van der Waals surface area contributed by atoms with Crippen LogP contribution >= 0.6 is 0 Å². The molecule has 3 aliphatic rings. The first kappa shape index (κ1) is 22.4. The van der Waals surface area contributed by atoms with E-state index in [1.807, 2.05) is 4.90 Å². The van der Waals surface area contributed by atoms with Gasteiger partial charge in [0, 0.05) is 13.1 Å². The van der Waals surface area contributed by atoms with Gasteiger partial charge in [-0.05, 0) is 63.0 Å². The highest BCUT2D eigenvalue weighted by Gasteiger charge is 2.49. The summed E-state index contributed by atoms with van der Waals surface area (Å²) in [5.74, 6) is -1.31. The Morgan fingerprint density at radius 2 is 1.62 bits per heavy atom. The van der Waals surface area contributed by atoms with Gasteiger partial charge in [0.1, 0.15) is 5.54 Å². The number of primary amides is 1. The molecule has 0 radical (unpaired) electrons. The first-order valence-electron chi connectivity index (χ1n) is 11.2. The summed E-state index contributed by atoms with van der Waals surface area (Å²) in [5, 5.41) is 0. The van der Waals surface area contributed by atoms with E-state index in [-0.39, 0.29) is 24.1 Å². The van der Waals surface area contributed by atoms with Crippen molar-refractivity contribution >= 4 is 29.4 Å². The van der Waals surface area contributed by atoms with E-state index in [9.17, 15) is 19.2 Å². The van der Waals surface area contributed by atoms with Crippen molar-refractivity contribution < 1.29 is 23.9 Å². The van der Waals surface area contributed by atoms with Gasteiger partial charge < -0.3 is 10.5 Å². The molecule has 9 nitrogen and oxygen atoms in total. The number of hydrogen-bond donors (Lipinski definition) is 1. The molecule has 9 heteroatoms. The van der Waals surface area contributed by atoms with Crippen molar-refractivity contribution in [3.05, 3.63) is 29.8 Å². The van der Waals surface area contributed by atoms with Gasteiger partial charge in [0.05, 0.1) is 30.8 Å². The molecule has 3 aliphatic heterocycles. The summed E-state index contributed by atoms with van der Waals surface area (Å²) < 4.78 is 4.69. The summed E-state index contributed by atoms with van der Waals surface area (Å²) in [6, 6.07) is 5.69. The fraction of sp³-hybridized carbons (Fsp3) is 0.565. The van der Waals surface area contributed by atoms with Crippen molar-refractivity contribution in [2.24, 2.45) is 5.73 Å². The lowest BCUT2D eigenvalue weighted by molar-refractivity contribution is -0.136. The zero-order chi connectivity index (χ0) is 22.9. The Morgan fingerprint density at radius 1 is 1.00 bits per heavy atom. The average Bonchev–Trinajstić information content (AvgIpc) is 3.12. The highest BCUT2D eigenvalue weighted by molar-refractivity contribution is 6.22. The summed E-state index contributed by atoms with van der Waals surface area (Å²) in [6.07, 6.45) is 4.54. The maximum atomic E-state index is 13.2. The number of nitrogens with zero attached hydrogens (tertiary/aromatic N) is 3. The summed E-state index contributed by atoms with van der Waals surface area (Å²) in [6.45, 7) is 2.83. The number of likely N-dealkylation sites (tertiary alicyclic amines) is 2. The molecule has 32 heavy (non-hydrogen) atoms. The Kier molecular flexibility index (Phi) is 6.30. The van der Waals surface area contributed by atoms with Gasteiger partial charge in [0.15, 0.2) is 0 Å². The number of benzene rings is 1. The quantitative estimate of drug-likeness (QED) is 0.533. The summed E-state index contributed by atoms with van der Waals surface area (Å²) in [7, 11) is 1.30. The lowest BCUT2D eigenvalue weighted by Crippen LogP contribution is -2.64. The molecule has 1 aromatic carbocycles. The minimum Gasteiger partial charge on any atom is -0.465 e. The Balaban J connectivity index is 1.45. The predicted molar refractivity (Wildman–Crippen MR) is 117 cm³/mol. The highest BCUT2D eigenvalue weighted by Crippen LogP contribution is 2.34. The molecule has 0 spiro atoms. The van der Waals surface area contributed by atoms with E-state index in [0.717, 1.165) is 25.9 Å². The monoisotopic (exact) mass is 442 g/mol. The number of piperidine rings is 2. The fourth-order valence-electron chi connectivity index (χ4n) is 5.28. The highest BCUT2D eigenvalue weighted by atomic mass is 16.5. The number of esters is 1. The molecule has 0 saturated carbocycles. The molecular formula is C23H30N4O5. The van der Waals surface area contributed by atoms with Gasteiger partial charge in [-0.3, -0.25) is 24.2 Å². The molecule has 3 amide bonds. The van der Waals surface area contributed by atoms with Crippen LogP contribution in [0.15, 0.2) is 24.3 Å².